The third kappa shape index (κ3) is 3.03. The molecule has 0 heterocycles. The molecule has 0 atom stereocenters. The standard InChI is InChI=1S/C16H21FO2/c1-3-19-16(8-4-5-9-16)15(18)11-13-6-7-14(17)10-12(13)2/h6-7,10H,3-5,8-9,11H2,1-2H3. The van der Waals surface area contributed by atoms with Gasteiger partial charge in [0.15, 0.2) is 5.78 Å². The Balaban J connectivity index is 2.15. The number of ether oxygens (including phenoxy) is 1. The summed E-state index contributed by atoms with van der Waals surface area (Å²) in [4.78, 5) is 12.5. The number of ketones is 1. The molecule has 1 aliphatic rings. The first-order valence-corrected chi connectivity index (χ1v) is 7.00. The van der Waals surface area contributed by atoms with Crippen molar-refractivity contribution < 1.29 is 13.9 Å². The Morgan fingerprint density at radius 1 is 1.37 bits per heavy atom. The second kappa shape index (κ2) is 5.83. The van der Waals surface area contributed by atoms with Crippen LogP contribution in [0, 0.1) is 12.7 Å². The molecule has 0 aromatic heterocycles. The highest BCUT2D eigenvalue weighted by molar-refractivity contribution is 5.89. The zero-order valence-corrected chi connectivity index (χ0v) is 11.7. The van der Waals surface area contributed by atoms with Crippen LogP contribution in [-0.4, -0.2) is 18.0 Å². The van der Waals surface area contributed by atoms with Gasteiger partial charge in [0.1, 0.15) is 11.4 Å². The van der Waals surface area contributed by atoms with Crippen LogP contribution in [0.3, 0.4) is 0 Å². The van der Waals surface area contributed by atoms with Gasteiger partial charge < -0.3 is 4.74 Å². The lowest BCUT2D eigenvalue weighted by Crippen LogP contribution is -2.40. The van der Waals surface area contributed by atoms with Gasteiger partial charge in [0.2, 0.25) is 0 Å². The average Bonchev–Trinajstić information content (AvgIpc) is 2.83. The lowest BCUT2D eigenvalue weighted by atomic mass is 9.90. The van der Waals surface area contributed by atoms with Gasteiger partial charge in [0.05, 0.1) is 0 Å². The number of hydrogen-bond donors (Lipinski definition) is 0. The third-order valence-corrected chi connectivity index (χ3v) is 4.00. The number of carbonyl (C=O) groups excluding carboxylic acids is 1. The van der Waals surface area contributed by atoms with E-state index in [1.807, 2.05) is 13.8 Å². The van der Waals surface area contributed by atoms with Crippen LogP contribution >= 0.6 is 0 Å². The van der Waals surface area contributed by atoms with E-state index in [-0.39, 0.29) is 11.6 Å². The number of halogens is 1. The Kier molecular flexibility index (Phi) is 4.35. The SMILES string of the molecule is CCOC1(C(=O)Cc2ccc(F)cc2C)CCCC1. The fourth-order valence-corrected chi connectivity index (χ4v) is 2.92. The lowest BCUT2D eigenvalue weighted by Gasteiger charge is -2.27. The van der Waals surface area contributed by atoms with Crippen LogP contribution in [0.15, 0.2) is 18.2 Å². The van der Waals surface area contributed by atoms with E-state index in [0.29, 0.717) is 13.0 Å². The number of hydrogen-bond acceptors (Lipinski definition) is 2. The fraction of sp³-hybridized carbons (Fsp3) is 0.562. The quantitative estimate of drug-likeness (QED) is 0.812. The van der Waals surface area contributed by atoms with E-state index >= 15 is 0 Å². The van der Waals surface area contributed by atoms with Gasteiger partial charge in [-0.3, -0.25) is 4.79 Å². The minimum Gasteiger partial charge on any atom is -0.367 e. The summed E-state index contributed by atoms with van der Waals surface area (Å²) >= 11 is 0. The molecule has 3 heteroatoms. The molecule has 2 nitrogen and oxygen atoms in total. The summed E-state index contributed by atoms with van der Waals surface area (Å²) in [6.07, 6.45) is 4.08. The molecule has 19 heavy (non-hydrogen) atoms. The lowest BCUT2D eigenvalue weighted by molar-refractivity contribution is -0.142. The molecule has 0 radical (unpaired) electrons. The van der Waals surface area contributed by atoms with Crippen molar-refractivity contribution in [3.05, 3.63) is 35.1 Å². The van der Waals surface area contributed by atoms with Crippen molar-refractivity contribution in [1.29, 1.82) is 0 Å². The van der Waals surface area contributed by atoms with Gasteiger partial charge in [-0.1, -0.05) is 6.07 Å². The molecule has 1 aromatic rings. The van der Waals surface area contributed by atoms with Crippen molar-refractivity contribution in [3.63, 3.8) is 0 Å². The summed E-state index contributed by atoms with van der Waals surface area (Å²) in [6.45, 7) is 4.33. The molecular formula is C16H21FO2. The molecule has 1 fully saturated rings. The van der Waals surface area contributed by atoms with Crippen LogP contribution in [-0.2, 0) is 16.0 Å². The van der Waals surface area contributed by atoms with Crippen molar-refractivity contribution in [2.75, 3.05) is 6.61 Å². The molecule has 0 N–H and O–H groups in total. The number of Topliss-reactive ketones (excluding diaryl/α,β-unsaturated/α-hetero) is 1. The maximum absolute atomic E-state index is 13.1. The van der Waals surface area contributed by atoms with Gasteiger partial charge in [0, 0.05) is 13.0 Å². The van der Waals surface area contributed by atoms with E-state index in [0.717, 1.165) is 36.8 Å². The van der Waals surface area contributed by atoms with Crippen LogP contribution in [0.5, 0.6) is 0 Å². The largest absolute Gasteiger partial charge is 0.367 e. The Hall–Kier alpha value is -1.22. The predicted octanol–water partition coefficient (Wildman–Crippen LogP) is 3.60. The van der Waals surface area contributed by atoms with E-state index in [1.165, 1.54) is 12.1 Å². The Morgan fingerprint density at radius 3 is 2.63 bits per heavy atom. The smallest absolute Gasteiger partial charge is 0.168 e. The summed E-state index contributed by atoms with van der Waals surface area (Å²) in [5.74, 6) is -0.115. The fourth-order valence-electron chi connectivity index (χ4n) is 2.92. The third-order valence-electron chi connectivity index (χ3n) is 4.00. The molecule has 0 unspecified atom stereocenters. The minimum atomic E-state index is -0.588. The first-order valence-electron chi connectivity index (χ1n) is 7.00. The van der Waals surface area contributed by atoms with Gasteiger partial charge in [-0.25, -0.2) is 4.39 Å². The van der Waals surface area contributed by atoms with Gasteiger partial charge >= 0.3 is 0 Å². The van der Waals surface area contributed by atoms with Crippen LogP contribution in [0.2, 0.25) is 0 Å². The van der Waals surface area contributed by atoms with Crippen molar-refractivity contribution in [2.45, 2.75) is 51.6 Å². The molecule has 104 valence electrons. The van der Waals surface area contributed by atoms with Crippen molar-refractivity contribution in [2.24, 2.45) is 0 Å². The van der Waals surface area contributed by atoms with Crippen LogP contribution in [0.1, 0.15) is 43.7 Å². The summed E-state index contributed by atoms with van der Waals surface area (Å²) in [6, 6.07) is 4.60. The van der Waals surface area contributed by atoms with E-state index in [2.05, 4.69) is 0 Å². The highest BCUT2D eigenvalue weighted by Crippen LogP contribution is 2.35. The molecule has 0 spiro atoms. The average molecular weight is 264 g/mol. The Labute approximate surface area is 114 Å². The van der Waals surface area contributed by atoms with Crippen LogP contribution in [0.25, 0.3) is 0 Å². The van der Waals surface area contributed by atoms with Crippen molar-refractivity contribution >= 4 is 5.78 Å². The summed E-state index contributed by atoms with van der Waals surface area (Å²) in [5, 5.41) is 0. The summed E-state index contributed by atoms with van der Waals surface area (Å²) in [5.41, 5.74) is 1.14. The number of benzene rings is 1. The highest BCUT2D eigenvalue weighted by Gasteiger charge is 2.41. The van der Waals surface area contributed by atoms with Crippen LogP contribution in [0.4, 0.5) is 4.39 Å². The molecule has 0 saturated heterocycles. The van der Waals surface area contributed by atoms with E-state index in [4.69, 9.17) is 4.74 Å². The van der Waals surface area contributed by atoms with Gasteiger partial charge in [-0.05, 0) is 62.8 Å². The molecule has 1 aromatic carbocycles. The first kappa shape index (κ1) is 14.2. The molecule has 0 aliphatic heterocycles. The van der Waals surface area contributed by atoms with Crippen LogP contribution < -0.4 is 0 Å². The molecule has 1 aliphatic carbocycles. The van der Waals surface area contributed by atoms with E-state index in [9.17, 15) is 9.18 Å². The Bertz CT molecular complexity index is 462. The molecular weight excluding hydrogens is 243 g/mol. The maximum atomic E-state index is 13.1. The summed E-state index contributed by atoms with van der Waals surface area (Å²) in [7, 11) is 0. The van der Waals surface area contributed by atoms with Crippen molar-refractivity contribution in [1.82, 2.24) is 0 Å². The highest BCUT2D eigenvalue weighted by atomic mass is 19.1. The number of aryl methyl sites for hydroxylation is 1. The zero-order chi connectivity index (χ0) is 13.9. The minimum absolute atomic E-state index is 0.140. The molecule has 0 amide bonds. The van der Waals surface area contributed by atoms with Gasteiger partial charge in [-0.2, -0.15) is 0 Å². The number of carbonyl (C=O) groups is 1. The zero-order valence-electron chi connectivity index (χ0n) is 11.7. The van der Waals surface area contributed by atoms with E-state index in [1.54, 1.807) is 6.07 Å². The molecule has 0 bridgehead atoms. The monoisotopic (exact) mass is 264 g/mol. The molecule has 2 rings (SSSR count). The maximum Gasteiger partial charge on any atom is 0.168 e. The normalized spacial score (nSPS) is 17.6. The topological polar surface area (TPSA) is 26.3 Å². The van der Waals surface area contributed by atoms with Gasteiger partial charge in [0.25, 0.3) is 0 Å². The van der Waals surface area contributed by atoms with Gasteiger partial charge in [-0.15, -0.1) is 0 Å². The Morgan fingerprint density at radius 2 is 2.05 bits per heavy atom. The second-order valence-electron chi connectivity index (χ2n) is 5.31. The van der Waals surface area contributed by atoms with E-state index < -0.39 is 5.60 Å². The summed E-state index contributed by atoms with van der Waals surface area (Å²) < 4.78 is 18.8. The number of rotatable bonds is 5. The predicted molar refractivity (Wildman–Crippen MR) is 72.7 cm³/mol. The van der Waals surface area contributed by atoms with Crippen molar-refractivity contribution in [3.8, 4) is 0 Å². The second-order valence-corrected chi connectivity index (χ2v) is 5.31. The molecule has 1 saturated carbocycles. The first-order chi connectivity index (χ1) is 9.07.